The Morgan fingerprint density at radius 1 is 1.44 bits per heavy atom. The Morgan fingerprint density at radius 3 is 2.50 bits per heavy atom. The zero-order chi connectivity index (χ0) is 13.9. The van der Waals surface area contributed by atoms with Crippen LogP contribution in [0.4, 0.5) is 0 Å². The largest absolute Gasteiger partial charge is 0.494 e. The van der Waals surface area contributed by atoms with Gasteiger partial charge in [0.15, 0.2) is 5.75 Å². The summed E-state index contributed by atoms with van der Waals surface area (Å²) < 4.78 is 21.4. The molecule has 0 aliphatic heterocycles. The minimum Gasteiger partial charge on any atom is -0.494 e. The second kappa shape index (κ2) is 5.93. The topological polar surface area (TPSA) is 51.5 Å². The fourth-order valence-electron chi connectivity index (χ4n) is 1.08. The Morgan fingerprint density at radius 2 is 2.06 bits per heavy atom. The number of hydrogen-bond acceptors (Lipinski definition) is 3. The number of hydrogen-bond donors (Lipinski definition) is 0. The van der Waals surface area contributed by atoms with Gasteiger partial charge in [0.25, 0.3) is 0 Å². The van der Waals surface area contributed by atoms with Crippen molar-refractivity contribution in [2.45, 2.75) is 32.4 Å². The highest BCUT2D eigenvalue weighted by molar-refractivity contribution is 9.10. The lowest BCUT2D eigenvalue weighted by Crippen LogP contribution is -2.20. The second-order valence-corrected chi connectivity index (χ2v) is 7.38. The zero-order valence-corrected chi connectivity index (χ0v) is 13.6. The van der Waals surface area contributed by atoms with E-state index in [-0.39, 0.29) is 4.75 Å². The number of pyridine rings is 1. The summed E-state index contributed by atoms with van der Waals surface area (Å²) in [6.07, 6.45) is 0. The van der Waals surface area contributed by atoms with Crippen molar-refractivity contribution in [1.82, 2.24) is 4.98 Å². The molecule has 1 heterocycles. The predicted molar refractivity (Wildman–Crippen MR) is 78.6 cm³/mol. The Bertz CT molecular complexity index is 495. The van der Waals surface area contributed by atoms with Gasteiger partial charge in [-0.25, -0.2) is 9.19 Å². The van der Waals surface area contributed by atoms with Crippen LogP contribution in [-0.4, -0.2) is 26.8 Å². The van der Waals surface area contributed by atoms with Crippen molar-refractivity contribution in [3.05, 3.63) is 22.4 Å². The number of rotatable bonds is 3. The molecule has 0 bridgehead atoms. The molecule has 0 aliphatic rings. The van der Waals surface area contributed by atoms with Gasteiger partial charge in [-0.3, -0.25) is 0 Å². The van der Waals surface area contributed by atoms with Crippen molar-refractivity contribution in [3.8, 4) is 5.75 Å². The SMILES string of the molecule is COc1ccc(C(C)=N[S@](=O)C(C)(C)C)nc1Br. The highest BCUT2D eigenvalue weighted by atomic mass is 79.9. The van der Waals surface area contributed by atoms with Crippen LogP contribution < -0.4 is 4.74 Å². The molecule has 0 saturated heterocycles. The number of methoxy groups -OCH3 is 1. The molecule has 18 heavy (non-hydrogen) atoms. The van der Waals surface area contributed by atoms with Crippen LogP contribution in [0.1, 0.15) is 33.4 Å². The summed E-state index contributed by atoms with van der Waals surface area (Å²) in [5, 5.41) is 0. The molecule has 0 aliphatic carbocycles. The smallest absolute Gasteiger partial charge is 0.151 e. The van der Waals surface area contributed by atoms with Gasteiger partial charge in [0.2, 0.25) is 0 Å². The third-order valence-corrected chi connectivity index (χ3v) is 4.20. The van der Waals surface area contributed by atoms with Crippen LogP contribution in [0.5, 0.6) is 5.75 Å². The summed E-state index contributed by atoms with van der Waals surface area (Å²) in [7, 11) is 0.300. The minimum absolute atomic E-state index is 0.370. The first-order valence-electron chi connectivity index (χ1n) is 5.44. The standard InChI is InChI=1S/C12H17BrN2O2S/c1-8(15-18(16)12(2,3)4)9-6-7-10(17-5)11(13)14-9/h6-7H,1-5H3/t18-/m1/s1. The monoisotopic (exact) mass is 332 g/mol. The molecule has 0 aromatic carbocycles. The van der Waals surface area contributed by atoms with E-state index >= 15 is 0 Å². The van der Waals surface area contributed by atoms with Crippen molar-refractivity contribution in [3.63, 3.8) is 0 Å². The number of nitrogens with zero attached hydrogens (tertiary/aromatic N) is 2. The molecule has 100 valence electrons. The van der Waals surface area contributed by atoms with Crippen molar-refractivity contribution in [2.75, 3.05) is 7.11 Å². The van der Waals surface area contributed by atoms with Crippen LogP contribution in [0.3, 0.4) is 0 Å². The van der Waals surface area contributed by atoms with E-state index in [1.165, 1.54) is 0 Å². The summed E-state index contributed by atoms with van der Waals surface area (Å²) in [4.78, 5) is 4.31. The van der Waals surface area contributed by atoms with Gasteiger partial charge in [-0.2, -0.15) is 4.40 Å². The minimum atomic E-state index is -1.28. The van der Waals surface area contributed by atoms with Crippen molar-refractivity contribution in [2.24, 2.45) is 4.40 Å². The van der Waals surface area contributed by atoms with Gasteiger partial charge < -0.3 is 4.74 Å². The van der Waals surface area contributed by atoms with E-state index in [9.17, 15) is 4.21 Å². The highest BCUT2D eigenvalue weighted by Crippen LogP contribution is 2.22. The first kappa shape index (κ1) is 15.3. The van der Waals surface area contributed by atoms with Gasteiger partial charge in [-0.1, -0.05) is 0 Å². The molecule has 0 fully saturated rings. The average molecular weight is 333 g/mol. The lowest BCUT2D eigenvalue weighted by atomic mass is 10.2. The van der Waals surface area contributed by atoms with Crippen LogP contribution in [0.15, 0.2) is 21.1 Å². The third kappa shape index (κ3) is 3.88. The first-order valence-corrected chi connectivity index (χ1v) is 7.34. The van der Waals surface area contributed by atoms with E-state index in [4.69, 9.17) is 4.74 Å². The molecule has 6 heteroatoms. The maximum absolute atomic E-state index is 11.9. The van der Waals surface area contributed by atoms with E-state index < -0.39 is 11.0 Å². The van der Waals surface area contributed by atoms with Crippen LogP contribution in [0.25, 0.3) is 0 Å². The van der Waals surface area contributed by atoms with Crippen molar-refractivity contribution >= 4 is 32.6 Å². The maximum atomic E-state index is 11.9. The quantitative estimate of drug-likeness (QED) is 0.631. The summed E-state index contributed by atoms with van der Waals surface area (Å²) >= 11 is 3.31. The summed E-state index contributed by atoms with van der Waals surface area (Å²) in [5.74, 6) is 0.656. The van der Waals surface area contributed by atoms with E-state index in [0.717, 1.165) is 0 Å². The Labute approximate surface area is 119 Å². The molecule has 0 amide bonds. The Balaban J connectivity index is 3.05. The molecular weight excluding hydrogens is 316 g/mol. The van der Waals surface area contributed by atoms with E-state index in [0.29, 0.717) is 21.8 Å². The molecule has 4 nitrogen and oxygen atoms in total. The average Bonchev–Trinajstić information content (AvgIpc) is 2.27. The normalized spacial score (nSPS) is 14.4. The third-order valence-electron chi connectivity index (χ3n) is 2.15. The zero-order valence-electron chi connectivity index (χ0n) is 11.2. The summed E-state index contributed by atoms with van der Waals surface area (Å²) in [5.41, 5.74) is 1.33. The van der Waals surface area contributed by atoms with E-state index in [1.54, 1.807) is 26.2 Å². The molecule has 1 aromatic heterocycles. The van der Waals surface area contributed by atoms with Gasteiger partial charge in [0.05, 0.1) is 23.3 Å². The lowest BCUT2D eigenvalue weighted by molar-refractivity contribution is 0.409. The molecule has 0 spiro atoms. The molecule has 0 unspecified atom stereocenters. The van der Waals surface area contributed by atoms with Crippen LogP contribution in [0, 0.1) is 0 Å². The highest BCUT2D eigenvalue weighted by Gasteiger charge is 2.19. The van der Waals surface area contributed by atoms with Gasteiger partial charge in [-0.05, 0) is 55.8 Å². The summed E-state index contributed by atoms with van der Waals surface area (Å²) in [6.45, 7) is 7.46. The number of halogens is 1. The summed E-state index contributed by atoms with van der Waals surface area (Å²) in [6, 6.07) is 3.59. The van der Waals surface area contributed by atoms with Gasteiger partial charge in [-0.15, -0.1) is 0 Å². The number of ether oxygens (including phenoxy) is 1. The first-order chi connectivity index (χ1) is 8.25. The molecule has 0 N–H and O–H groups in total. The Kier molecular flexibility index (Phi) is 5.04. The van der Waals surface area contributed by atoms with Crippen LogP contribution >= 0.6 is 15.9 Å². The second-order valence-electron chi connectivity index (χ2n) is 4.73. The molecule has 1 aromatic rings. The molecule has 0 saturated carbocycles. The molecule has 0 radical (unpaired) electrons. The fourth-order valence-corrected chi connectivity index (χ4v) is 2.18. The van der Waals surface area contributed by atoms with Gasteiger partial charge in [0.1, 0.15) is 15.6 Å². The maximum Gasteiger partial charge on any atom is 0.151 e. The van der Waals surface area contributed by atoms with Gasteiger partial charge >= 0.3 is 0 Å². The molecule has 1 atom stereocenters. The van der Waals surface area contributed by atoms with Crippen molar-refractivity contribution in [1.29, 1.82) is 0 Å². The lowest BCUT2D eigenvalue weighted by Gasteiger charge is -2.14. The van der Waals surface area contributed by atoms with Crippen LogP contribution in [-0.2, 0) is 11.0 Å². The fraction of sp³-hybridized carbons (Fsp3) is 0.500. The molecular formula is C12H17BrN2O2S. The van der Waals surface area contributed by atoms with E-state index in [1.807, 2.05) is 20.8 Å². The predicted octanol–water partition coefficient (Wildman–Crippen LogP) is 3.12. The van der Waals surface area contributed by atoms with Crippen molar-refractivity contribution < 1.29 is 8.95 Å². The van der Waals surface area contributed by atoms with E-state index in [2.05, 4.69) is 25.3 Å². The van der Waals surface area contributed by atoms with Gasteiger partial charge in [0, 0.05) is 0 Å². The Hall–Kier alpha value is -0.750. The number of aromatic nitrogens is 1. The van der Waals surface area contributed by atoms with Crippen LogP contribution in [0.2, 0.25) is 0 Å². The molecule has 1 rings (SSSR count).